The maximum atomic E-state index is 9.82. The summed E-state index contributed by atoms with van der Waals surface area (Å²) in [5, 5.41) is 9.82. The molecule has 0 aromatic carbocycles. The molecule has 0 fully saturated rings. The van der Waals surface area contributed by atoms with Gasteiger partial charge in [-0.1, -0.05) is 13.3 Å². The Hall–Kier alpha value is -0.120. The summed E-state index contributed by atoms with van der Waals surface area (Å²) >= 11 is 0. The molecule has 0 aromatic rings. The van der Waals surface area contributed by atoms with E-state index >= 15 is 0 Å². The Kier molecular flexibility index (Phi) is 5.46. The van der Waals surface area contributed by atoms with Gasteiger partial charge >= 0.3 is 0 Å². The van der Waals surface area contributed by atoms with Crippen LogP contribution in [-0.2, 0) is 9.47 Å². The second-order valence-electron chi connectivity index (χ2n) is 3.15. The second-order valence-corrected chi connectivity index (χ2v) is 3.15. The highest BCUT2D eigenvalue weighted by Crippen LogP contribution is 2.20. The third-order valence-electron chi connectivity index (χ3n) is 2.03. The fraction of sp³-hybridized carbons (Fsp3) is 1.00. The van der Waals surface area contributed by atoms with E-state index in [-0.39, 0.29) is 6.10 Å². The van der Waals surface area contributed by atoms with Gasteiger partial charge < -0.3 is 14.6 Å². The SMILES string of the molecule is CCCC(O)(CC(C)OC)OC. The Morgan fingerprint density at radius 3 is 2.33 bits per heavy atom. The van der Waals surface area contributed by atoms with Crippen molar-refractivity contribution in [3.05, 3.63) is 0 Å². The van der Waals surface area contributed by atoms with E-state index in [0.29, 0.717) is 12.8 Å². The van der Waals surface area contributed by atoms with Crippen LogP contribution in [-0.4, -0.2) is 31.2 Å². The van der Waals surface area contributed by atoms with E-state index in [0.717, 1.165) is 6.42 Å². The summed E-state index contributed by atoms with van der Waals surface area (Å²) in [5.74, 6) is -1.01. The predicted molar refractivity (Wildman–Crippen MR) is 48.0 cm³/mol. The zero-order valence-corrected chi connectivity index (χ0v) is 8.46. The fourth-order valence-corrected chi connectivity index (χ4v) is 1.21. The number of aliphatic hydroxyl groups is 1. The van der Waals surface area contributed by atoms with Gasteiger partial charge in [0.15, 0.2) is 5.79 Å². The van der Waals surface area contributed by atoms with Crippen LogP contribution in [0.3, 0.4) is 0 Å². The minimum absolute atomic E-state index is 0.0292. The standard InChI is InChI=1S/C9H20O3/c1-5-6-9(10,12-4)7-8(2)11-3/h8,10H,5-7H2,1-4H3. The second kappa shape index (κ2) is 5.51. The van der Waals surface area contributed by atoms with Crippen molar-refractivity contribution in [3.8, 4) is 0 Å². The van der Waals surface area contributed by atoms with Crippen LogP contribution in [0.4, 0.5) is 0 Å². The quantitative estimate of drug-likeness (QED) is 0.624. The zero-order valence-electron chi connectivity index (χ0n) is 8.46. The molecule has 74 valence electrons. The summed E-state index contributed by atoms with van der Waals surface area (Å²) in [5.41, 5.74) is 0. The van der Waals surface area contributed by atoms with Gasteiger partial charge in [-0.3, -0.25) is 0 Å². The van der Waals surface area contributed by atoms with E-state index in [9.17, 15) is 5.11 Å². The van der Waals surface area contributed by atoms with Gasteiger partial charge in [-0.15, -0.1) is 0 Å². The van der Waals surface area contributed by atoms with Crippen LogP contribution >= 0.6 is 0 Å². The van der Waals surface area contributed by atoms with Crippen LogP contribution < -0.4 is 0 Å². The number of ether oxygens (including phenoxy) is 2. The van der Waals surface area contributed by atoms with Gasteiger partial charge in [0.05, 0.1) is 6.10 Å². The van der Waals surface area contributed by atoms with Gasteiger partial charge in [-0.2, -0.15) is 0 Å². The molecule has 0 aliphatic heterocycles. The van der Waals surface area contributed by atoms with E-state index < -0.39 is 5.79 Å². The Bertz CT molecular complexity index is 116. The number of hydrogen-bond donors (Lipinski definition) is 1. The number of hydrogen-bond acceptors (Lipinski definition) is 3. The fourth-order valence-electron chi connectivity index (χ4n) is 1.21. The Labute approximate surface area is 74.7 Å². The Morgan fingerprint density at radius 2 is 2.00 bits per heavy atom. The molecule has 2 atom stereocenters. The van der Waals surface area contributed by atoms with Crippen molar-refractivity contribution in [3.63, 3.8) is 0 Å². The highest BCUT2D eigenvalue weighted by molar-refractivity contribution is 4.69. The molecule has 0 amide bonds. The summed E-state index contributed by atoms with van der Waals surface area (Å²) in [7, 11) is 3.16. The summed E-state index contributed by atoms with van der Waals surface area (Å²) in [6, 6.07) is 0. The van der Waals surface area contributed by atoms with Gasteiger partial charge in [0.2, 0.25) is 0 Å². The molecule has 0 saturated heterocycles. The summed E-state index contributed by atoms with van der Waals surface area (Å²) in [4.78, 5) is 0. The molecule has 0 aliphatic rings. The minimum atomic E-state index is -1.01. The van der Waals surface area contributed by atoms with Crippen LogP contribution in [0.1, 0.15) is 33.1 Å². The van der Waals surface area contributed by atoms with Crippen LogP contribution in [0.5, 0.6) is 0 Å². The lowest BCUT2D eigenvalue weighted by atomic mass is 10.0. The van der Waals surface area contributed by atoms with Crippen molar-refractivity contribution < 1.29 is 14.6 Å². The lowest BCUT2D eigenvalue weighted by Gasteiger charge is -2.28. The van der Waals surface area contributed by atoms with E-state index in [1.54, 1.807) is 7.11 Å². The monoisotopic (exact) mass is 176 g/mol. The Balaban J connectivity index is 3.94. The van der Waals surface area contributed by atoms with Gasteiger partial charge in [-0.05, 0) is 6.92 Å². The molecule has 0 aromatic heterocycles. The van der Waals surface area contributed by atoms with Gasteiger partial charge in [0, 0.05) is 27.1 Å². The first-order chi connectivity index (χ1) is 5.58. The first kappa shape index (κ1) is 11.9. The van der Waals surface area contributed by atoms with Crippen LogP contribution in [0.15, 0.2) is 0 Å². The maximum Gasteiger partial charge on any atom is 0.167 e. The Morgan fingerprint density at radius 1 is 1.42 bits per heavy atom. The zero-order chi connectivity index (χ0) is 9.61. The van der Waals surface area contributed by atoms with Crippen molar-refractivity contribution in [2.75, 3.05) is 14.2 Å². The van der Waals surface area contributed by atoms with Crippen molar-refractivity contribution in [1.82, 2.24) is 0 Å². The highest BCUT2D eigenvalue weighted by Gasteiger charge is 2.27. The molecule has 0 aliphatic carbocycles. The van der Waals surface area contributed by atoms with E-state index in [1.807, 2.05) is 13.8 Å². The van der Waals surface area contributed by atoms with Crippen molar-refractivity contribution in [2.24, 2.45) is 0 Å². The van der Waals surface area contributed by atoms with Crippen molar-refractivity contribution >= 4 is 0 Å². The van der Waals surface area contributed by atoms with Crippen LogP contribution in [0.2, 0.25) is 0 Å². The molecule has 2 unspecified atom stereocenters. The topological polar surface area (TPSA) is 38.7 Å². The van der Waals surface area contributed by atoms with Crippen LogP contribution in [0, 0.1) is 0 Å². The molecular formula is C9H20O3. The average Bonchev–Trinajstić information content (AvgIpc) is 2.05. The van der Waals surface area contributed by atoms with E-state index in [2.05, 4.69) is 0 Å². The smallest absolute Gasteiger partial charge is 0.167 e. The summed E-state index contributed by atoms with van der Waals surface area (Å²) in [6.45, 7) is 3.93. The normalized spacial score (nSPS) is 18.8. The van der Waals surface area contributed by atoms with Crippen molar-refractivity contribution in [1.29, 1.82) is 0 Å². The lowest BCUT2D eigenvalue weighted by Crippen LogP contribution is -2.35. The number of rotatable bonds is 6. The first-order valence-corrected chi connectivity index (χ1v) is 4.38. The molecule has 0 radical (unpaired) electrons. The number of methoxy groups -OCH3 is 2. The highest BCUT2D eigenvalue weighted by atomic mass is 16.6. The van der Waals surface area contributed by atoms with E-state index in [4.69, 9.17) is 9.47 Å². The summed E-state index contributed by atoms with van der Waals surface area (Å²) < 4.78 is 10.1. The largest absolute Gasteiger partial charge is 0.382 e. The third-order valence-corrected chi connectivity index (χ3v) is 2.03. The third kappa shape index (κ3) is 4.04. The minimum Gasteiger partial charge on any atom is -0.382 e. The lowest BCUT2D eigenvalue weighted by molar-refractivity contribution is -0.207. The molecule has 0 spiro atoms. The molecule has 0 rings (SSSR count). The van der Waals surface area contributed by atoms with Gasteiger partial charge in [-0.25, -0.2) is 0 Å². The molecule has 3 heteroatoms. The molecule has 3 nitrogen and oxygen atoms in total. The first-order valence-electron chi connectivity index (χ1n) is 4.38. The van der Waals surface area contributed by atoms with E-state index in [1.165, 1.54) is 7.11 Å². The van der Waals surface area contributed by atoms with Gasteiger partial charge in [0.1, 0.15) is 0 Å². The summed E-state index contributed by atoms with van der Waals surface area (Å²) in [6.07, 6.45) is 2.10. The maximum absolute atomic E-state index is 9.82. The van der Waals surface area contributed by atoms with Gasteiger partial charge in [0.25, 0.3) is 0 Å². The van der Waals surface area contributed by atoms with Crippen LogP contribution in [0.25, 0.3) is 0 Å². The van der Waals surface area contributed by atoms with Crippen molar-refractivity contribution in [2.45, 2.75) is 45.0 Å². The molecule has 0 heterocycles. The molecule has 0 saturated carbocycles. The predicted octanol–water partition coefficient (Wildman–Crippen LogP) is 1.55. The molecular weight excluding hydrogens is 156 g/mol. The average molecular weight is 176 g/mol. The molecule has 1 N–H and O–H groups in total. The molecule has 12 heavy (non-hydrogen) atoms. The molecule has 0 bridgehead atoms.